The van der Waals surface area contributed by atoms with Gasteiger partial charge in [-0.15, -0.1) is 11.3 Å². The second-order valence-corrected chi connectivity index (χ2v) is 5.37. The fourth-order valence-corrected chi connectivity index (χ4v) is 2.59. The summed E-state index contributed by atoms with van der Waals surface area (Å²) in [7, 11) is 0. The summed E-state index contributed by atoms with van der Waals surface area (Å²) < 4.78 is 0. The minimum Gasteiger partial charge on any atom is -0.393 e. The van der Waals surface area contributed by atoms with Gasteiger partial charge in [-0.1, -0.05) is 13.3 Å². The van der Waals surface area contributed by atoms with Crippen molar-refractivity contribution in [3.63, 3.8) is 0 Å². The van der Waals surface area contributed by atoms with E-state index in [0.717, 1.165) is 37.8 Å². The average molecular weight is 227 g/mol. The molecule has 0 amide bonds. The number of nitrogens with zero attached hydrogens (tertiary/aromatic N) is 1. The molecule has 2 nitrogen and oxygen atoms in total. The zero-order valence-electron chi connectivity index (χ0n) is 9.92. The van der Waals surface area contributed by atoms with Crippen LogP contribution >= 0.6 is 11.3 Å². The van der Waals surface area contributed by atoms with E-state index in [1.54, 1.807) is 11.3 Å². The van der Waals surface area contributed by atoms with Gasteiger partial charge >= 0.3 is 0 Å². The molecule has 0 fully saturated rings. The lowest BCUT2D eigenvalue weighted by Crippen LogP contribution is -2.05. The Bertz CT molecular complexity index is 276. The molecule has 1 aromatic rings. The van der Waals surface area contributed by atoms with Crippen molar-refractivity contribution < 1.29 is 5.11 Å². The summed E-state index contributed by atoms with van der Waals surface area (Å²) in [4.78, 5) is 5.81. The van der Waals surface area contributed by atoms with Gasteiger partial charge in [0.1, 0.15) is 0 Å². The molecule has 0 radical (unpaired) electrons. The SMILES string of the molecule is CCCC(O)CCCc1nc(C)c(C)s1. The van der Waals surface area contributed by atoms with Gasteiger partial charge in [0, 0.05) is 4.88 Å². The van der Waals surface area contributed by atoms with Gasteiger partial charge in [0.15, 0.2) is 0 Å². The second kappa shape index (κ2) is 6.23. The van der Waals surface area contributed by atoms with E-state index in [2.05, 4.69) is 25.8 Å². The number of hydrogen-bond donors (Lipinski definition) is 1. The molecule has 0 aliphatic rings. The minimum atomic E-state index is -0.114. The molecule has 1 heterocycles. The molecule has 1 N–H and O–H groups in total. The van der Waals surface area contributed by atoms with Gasteiger partial charge in [-0.05, 0) is 39.5 Å². The first-order chi connectivity index (χ1) is 7.13. The molecule has 0 bridgehead atoms. The zero-order valence-corrected chi connectivity index (χ0v) is 10.7. The van der Waals surface area contributed by atoms with E-state index in [-0.39, 0.29) is 6.10 Å². The van der Waals surface area contributed by atoms with Crippen LogP contribution in [0.1, 0.15) is 48.2 Å². The lowest BCUT2D eigenvalue weighted by Gasteiger charge is -2.07. The number of aryl methyl sites for hydroxylation is 3. The van der Waals surface area contributed by atoms with Gasteiger partial charge in [0.2, 0.25) is 0 Å². The van der Waals surface area contributed by atoms with Gasteiger partial charge in [0.25, 0.3) is 0 Å². The molecule has 1 aromatic heterocycles. The summed E-state index contributed by atoms with van der Waals surface area (Å²) in [5, 5.41) is 10.8. The molecule has 3 heteroatoms. The van der Waals surface area contributed by atoms with Crippen LogP contribution < -0.4 is 0 Å². The normalized spacial score (nSPS) is 13.1. The maximum Gasteiger partial charge on any atom is 0.0930 e. The molecule has 86 valence electrons. The molecule has 0 spiro atoms. The number of aliphatic hydroxyl groups is 1. The molecule has 15 heavy (non-hydrogen) atoms. The van der Waals surface area contributed by atoms with Crippen LogP contribution in [0.5, 0.6) is 0 Å². The van der Waals surface area contributed by atoms with Gasteiger partial charge in [-0.25, -0.2) is 4.98 Å². The minimum absolute atomic E-state index is 0.114. The van der Waals surface area contributed by atoms with E-state index >= 15 is 0 Å². The van der Waals surface area contributed by atoms with Gasteiger partial charge in [-0.2, -0.15) is 0 Å². The van der Waals surface area contributed by atoms with Crippen LogP contribution in [-0.4, -0.2) is 16.2 Å². The molecule has 0 aliphatic heterocycles. The Morgan fingerprint density at radius 3 is 2.60 bits per heavy atom. The Hall–Kier alpha value is -0.410. The Kier molecular flexibility index (Phi) is 5.26. The van der Waals surface area contributed by atoms with Crippen molar-refractivity contribution in [2.24, 2.45) is 0 Å². The van der Waals surface area contributed by atoms with E-state index in [4.69, 9.17) is 0 Å². The average Bonchev–Trinajstić information content (AvgIpc) is 2.46. The van der Waals surface area contributed by atoms with Crippen molar-refractivity contribution in [3.8, 4) is 0 Å². The van der Waals surface area contributed by atoms with Crippen LogP contribution in [0.4, 0.5) is 0 Å². The number of aromatic nitrogens is 1. The van der Waals surface area contributed by atoms with Crippen molar-refractivity contribution in [1.82, 2.24) is 4.98 Å². The summed E-state index contributed by atoms with van der Waals surface area (Å²) in [6.07, 6.45) is 4.85. The second-order valence-electron chi connectivity index (χ2n) is 4.08. The topological polar surface area (TPSA) is 33.1 Å². The number of hydrogen-bond acceptors (Lipinski definition) is 3. The van der Waals surface area contributed by atoms with E-state index in [9.17, 15) is 5.11 Å². The number of rotatable bonds is 6. The van der Waals surface area contributed by atoms with Crippen molar-refractivity contribution in [1.29, 1.82) is 0 Å². The summed E-state index contributed by atoms with van der Waals surface area (Å²) in [5.74, 6) is 0. The summed E-state index contributed by atoms with van der Waals surface area (Å²) in [6, 6.07) is 0. The standard InChI is InChI=1S/C12H21NOS/c1-4-6-11(14)7-5-8-12-13-9(2)10(3)15-12/h11,14H,4-8H2,1-3H3. The highest BCUT2D eigenvalue weighted by Crippen LogP contribution is 2.18. The molecule has 1 unspecified atom stereocenters. The first kappa shape index (κ1) is 12.7. The summed E-state index contributed by atoms with van der Waals surface area (Å²) >= 11 is 1.79. The molecule has 0 aromatic carbocycles. The lowest BCUT2D eigenvalue weighted by molar-refractivity contribution is 0.151. The number of aliphatic hydroxyl groups excluding tert-OH is 1. The molecule has 1 atom stereocenters. The maximum absolute atomic E-state index is 9.57. The quantitative estimate of drug-likeness (QED) is 0.809. The van der Waals surface area contributed by atoms with Crippen LogP contribution in [0, 0.1) is 13.8 Å². The van der Waals surface area contributed by atoms with Gasteiger partial charge in [0.05, 0.1) is 16.8 Å². The molecular formula is C12H21NOS. The fraction of sp³-hybridized carbons (Fsp3) is 0.750. The van der Waals surface area contributed by atoms with Crippen LogP contribution in [0.3, 0.4) is 0 Å². The highest BCUT2D eigenvalue weighted by Gasteiger charge is 2.06. The molecule has 0 saturated heterocycles. The fourth-order valence-electron chi connectivity index (χ4n) is 1.61. The van der Waals surface area contributed by atoms with Crippen molar-refractivity contribution in [2.75, 3.05) is 0 Å². The van der Waals surface area contributed by atoms with Crippen LogP contribution in [-0.2, 0) is 6.42 Å². The molecule has 0 aliphatic carbocycles. The van der Waals surface area contributed by atoms with E-state index in [1.165, 1.54) is 9.88 Å². The Morgan fingerprint density at radius 1 is 1.33 bits per heavy atom. The number of thiazole rings is 1. The summed E-state index contributed by atoms with van der Waals surface area (Å²) in [5.41, 5.74) is 1.16. The molecule has 1 rings (SSSR count). The largest absolute Gasteiger partial charge is 0.393 e. The summed E-state index contributed by atoms with van der Waals surface area (Å²) in [6.45, 7) is 6.28. The van der Waals surface area contributed by atoms with Crippen LogP contribution in [0.25, 0.3) is 0 Å². The highest BCUT2D eigenvalue weighted by atomic mass is 32.1. The Morgan fingerprint density at radius 2 is 2.07 bits per heavy atom. The van der Waals surface area contributed by atoms with Crippen LogP contribution in [0.2, 0.25) is 0 Å². The highest BCUT2D eigenvalue weighted by molar-refractivity contribution is 7.11. The predicted molar refractivity (Wildman–Crippen MR) is 65.4 cm³/mol. The van der Waals surface area contributed by atoms with Crippen LogP contribution in [0.15, 0.2) is 0 Å². The first-order valence-corrected chi connectivity index (χ1v) is 6.56. The third kappa shape index (κ3) is 4.31. The third-order valence-electron chi connectivity index (χ3n) is 2.62. The van der Waals surface area contributed by atoms with Gasteiger partial charge in [-0.3, -0.25) is 0 Å². The van der Waals surface area contributed by atoms with E-state index < -0.39 is 0 Å². The first-order valence-electron chi connectivity index (χ1n) is 5.74. The molecular weight excluding hydrogens is 206 g/mol. The van der Waals surface area contributed by atoms with Crippen molar-refractivity contribution in [3.05, 3.63) is 15.6 Å². The zero-order chi connectivity index (χ0) is 11.3. The smallest absolute Gasteiger partial charge is 0.0930 e. The molecule has 0 saturated carbocycles. The van der Waals surface area contributed by atoms with Gasteiger partial charge < -0.3 is 5.11 Å². The Balaban J connectivity index is 2.25. The lowest BCUT2D eigenvalue weighted by atomic mass is 10.1. The maximum atomic E-state index is 9.57. The Labute approximate surface area is 96.4 Å². The van der Waals surface area contributed by atoms with E-state index in [0.29, 0.717) is 0 Å². The monoisotopic (exact) mass is 227 g/mol. The third-order valence-corrected chi connectivity index (χ3v) is 3.76. The van der Waals surface area contributed by atoms with Crippen molar-refractivity contribution in [2.45, 2.75) is 59.0 Å². The van der Waals surface area contributed by atoms with E-state index in [1.807, 2.05) is 0 Å². The van der Waals surface area contributed by atoms with Crippen molar-refractivity contribution >= 4 is 11.3 Å². The predicted octanol–water partition coefficient (Wildman–Crippen LogP) is 3.24.